The molecule has 6 nitrogen and oxygen atoms in total. The van der Waals surface area contributed by atoms with E-state index in [9.17, 15) is 5.11 Å². The molecule has 1 saturated heterocycles. The maximum absolute atomic E-state index is 10.1. The third-order valence-corrected chi connectivity index (χ3v) is 7.14. The second kappa shape index (κ2) is 8.34. The highest BCUT2D eigenvalue weighted by molar-refractivity contribution is 6.35. The standard InChI is InChI=1S/C24H26Cl2N4O2/c1-13-8-17(30-14(2)27-28-15(30)3)4-5-23(13)32-24-20-9-16(25)10-21(26)19(20)11-22(24)29-7-6-18(31)12-29/h4-5,8-10,18,22,24,31H,6-7,11-12H2,1-3H3/t18?,22-,24-/m0/s1. The van der Waals surface area contributed by atoms with Gasteiger partial charge in [0.1, 0.15) is 23.5 Å². The van der Waals surface area contributed by atoms with Gasteiger partial charge in [0.05, 0.1) is 12.1 Å². The second-order valence-corrected chi connectivity index (χ2v) is 9.63. The molecule has 0 radical (unpaired) electrons. The van der Waals surface area contributed by atoms with Crippen molar-refractivity contribution in [2.24, 2.45) is 0 Å². The highest BCUT2D eigenvalue weighted by Crippen LogP contribution is 2.44. The van der Waals surface area contributed by atoms with Gasteiger partial charge >= 0.3 is 0 Å². The van der Waals surface area contributed by atoms with Crippen molar-refractivity contribution >= 4 is 23.2 Å². The number of rotatable bonds is 4. The van der Waals surface area contributed by atoms with Gasteiger partial charge in [0.25, 0.3) is 0 Å². The van der Waals surface area contributed by atoms with Gasteiger partial charge in [-0.1, -0.05) is 23.2 Å². The van der Waals surface area contributed by atoms with Gasteiger partial charge in [-0.2, -0.15) is 0 Å². The number of aliphatic hydroxyl groups excluding tert-OH is 1. The second-order valence-electron chi connectivity index (χ2n) is 8.78. The zero-order valence-electron chi connectivity index (χ0n) is 18.3. The zero-order chi connectivity index (χ0) is 22.6. The monoisotopic (exact) mass is 472 g/mol. The first-order valence-corrected chi connectivity index (χ1v) is 11.6. The van der Waals surface area contributed by atoms with Crippen LogP contribution in [0.4, 0.5) is 0 Å². The molecular formula is C24H26Cl2N4O2. The lowest BCUT2D eigenvalue weighted by Crippen LogP contribution is -2.39. The number of likely N-dealkylation sites (tertiary alicyclic amines) is 1. The first-order chi connectivity index (χ1) is 15.3. The van der Waals surface area contributed by atoms with Crippen LogP contribution in [0.15, 0.2) is 30.3 Å². The van der Waals surface area contributed by atoms with Gasteiger partial charge < -0.3 is 9.84 Å². The van der Waals surface area contributed by atoms with Crippen LogP contribution in [0.5, 0.6) is 5.75 Å². The Morgan fingerprint density at radius 2 is 1.81 bits per heavy atom. The van der Waals surface area contributed by atoms with E-state index in [1.165, 1.54) is 0 Å². The Balaban J connectivity index is 1.50. The van der Waals surface area contributed by atoms with Crippen molar-refractivity contribution in [2.45, 2.75) is 51.9 Å². The highest BCUT2D eigenvalue weighted by atomic mass is 35.5. The highest BCUT2D eigenvalue weighted by Gasteiger charge is 2.41. The number of aromatic nitrogens is 3. The van der Waals surface area contributed by atoms with Crippen molar-refractivity contribution in [3.05, 3.63) is 68.7 Å². The first kappa shape index (κ1) is 21.7. The van der Waals surface area contributed by atoms with Crippen molar-refractivity contribution in [1.82, 2.24) is 19.7 Å². The molecule has 2 aliphatic rings. The largest absolute Gasteiger partial charge is 0.484 e. The molecule has 1 aromatic heterocycles. The van der Waals surface area contributed by atoms with Gasteiger partial charge in [0.2, 0.25) is 0 Å². The van der Waals surface area contributed by atoms with Crippen molar-refractivity contribution in [3.8, 4) is 11.4 Å². The molecule has 3 atom stereocenters. The molecule has 1 fully saturated rings. The predicted molar refractivity (Wildman–Crippen MR) is 125 cm³/mol. The summed E-state index contributed by atoms with van der Waals surface area (Å²) in [7, 11) is 0. The summed E-state index contributed by atoms with van der Waals surface area (Å²) in [6.45, 7) is 7.42. The van der Waals surface area contributed by atoms with E-state index in [0.29, 0.717) is 16.6 Å². The molecule has 3 aromatic rings. The zero-order valence-corrected chi connectivity index (χ0v) is 19.9. The van der Waals surface area contributed by atoms with Crippen LogP contribution in [0.2, 0.25) is 10.0 Å². The molecule has 2 heterocycles. The number of hydrogen-bond donors (Lipinski definition) is 1. The van der Waals surface area contributed by atoms with Gasteiger partial charge in [0.15, 0.2) is 0 Å². The van der Waals surface area contributed by atoms with Crippen LogP contribution in [0.25, 0.3) is 5.69 Å². The Bertz CT molecular complexity index is 1160. The molecule has 0 amide bonds. The molecule has 0 spiro atoms. The maximum Gasteiger partial charge on any atom is 0.140 e. The molecule has 168 valence electrons. The van der Waals surface area contributed by atoms with Gasteiger partial charge in [-0.05, 0) is 75.1 Å². The fraction of sp³-hybridized carbons (Fsp3) is 0.417. The number of hydrogen-bond acceptors (Lipinski definition) is 5. The van der Waals surface area contributed by atoms with Crippen molar-refractivity contribution in [2.75, 3.05) is 13.1 Å². The normalized spacial score (nSPS) is 23.0. The number of benzene rings is 2. The van der Waals surface area contributed by atoms with Gasteiger partial charge in [-0.3, -0.25) is 9.47 Å². The Kier molecular flexibility index (Phi) is 5.66. The minimum Gasteiger partial charge on any atom is -0.484 e. The number of β-amino-alcohol motifs (C(OH)–C–C–N with tert-alkyl or cyclic N) is 1. The Morgan fingerprint density at radius 1 is 1.06 bits per heavy atom. The van der Waals surface area contributed by atoms with E-state index in [0.717, 1.165) is 59.2 Å². The third-order valence-electron chi connectivity index (χ3n) is 6.59. The van der Waals surface area contributed by atoms with E-state index in [1.54, 1.807) is 6.07 Å². The van der Waals surface area contributed by atoms with Crippen LogP contribution < -0.4 is 4.74 Å². The summed E-state index contributed by atoms with van der Waals surface area (Å²) in [6, 6.07) is 9.98. The molecule has 32 heavy (non-hydrogen) atoms. The minimum atomic E-state index is -0.297. The number of ether oxygens (including phenoxy) is 1. The fourth-order valence-corrected chi connectivity index (χ4v) is 5.62. The van der Waals surface area contributed by atoms with Crippen molar-refractivity contribution in [1.29, 1.82) is 0 Å². The number of halogens is 2. The maximum atomic E-state index is 10.1. The van der Waals surface area contributed by atoms with E-state index in [1.807, 2.05) is 43.5 Å². The van der Waals surface area contributed by atoms with E-state index in [2.05, 4.69) is 21.2 Å². The van der Waals surface area contributed by atoms with Gasteiger partial charge in [-0.25, -0.2) is 0 Å². The molecule has 0 saturated carbocycles. The predicted octanol–water partition coefficient (Wildman–Crippen LogP) is 4.61. The lowest BCUT2D eigenvalue weighted by atomic mass is 10.1. The summed E-state index contributed by atoms with van der Waals surface area (Å²) in [5, 5.41) is 19.7. The lowest BCUT2D eigenvalue weighted by molar-refractivity contribution is 0.0814. The van der Waals surface area contributed by atoms with E-state index in [-0.39, 0.29) is 18.2 Å². The third kappa shape index (κ3) is 3.79. The lowest BCUT2D eigenvalue weighted by Gasteiger charge is -2.30. The molecule has 0 bridgehead atoms. The first-order valence-electron chi connectivity index (χ1n) is 10.9. The van der Waals surface area contributed by atoms with Crippen LogP contribution in [0.1, 0.15) is 40.9 Å². The summed E-state index contributed by atoms with van der Waals surface area (Å²) in [4.78, 5) is 2.31. The topological polar surface area (TPSA) is 63.4 Å². The van der Waals surface area contributed by atoms with E-state index in [4.69, 9.17) is 27.9 Å². The van der Waals surface area contributed by atoms with Crippen LogP contribution in [-0.4, -0.2) is 50.0 Å². The van der Waals surface area contributed by atoms with Gasteiger partial charge in [-0.15, -0.1) is 10.2 Å². The molecule has 2 aromatic carbocycles. The molecule has 1 aliphatic carbocycles. The molecule has 5 rings (SSSR count). The average molecular weight is 473 g/mol. The SMILES string of the molecule is Cc1cc(-n2c(C)nnc2C)ccc1O[C@H]1c2cc(Cl)cc(Cl)c2C[C@@H]1N1CCC(O)C1. The Hall–Kier alpha value is -2.12. The summed E-state index contributed by atoms with van der Waals surface area (Å²) in [6.07, 6.45) is 1.04. The Labute approximate surface area is 197 Å². The van der Waals surface area contributed by atoms with Crippen LogP contribution in [0.3, 0.4) is 0 Å². The van der Waals surface area contributed by atoms with Crippen LogP contribution >= 0.6 is 23.2 Å². The number of fused-ring (bicyclic) bond motifs is 1. The fourth-order valence-electron chi connectivity index (χ4n) is 5.03. The number of aryl methyl sites for hydroxylation is 3. The number of nitrogens with zero attached hydrogens (tertiary/aromatic N) is 4. The van der Waals surface area contributed by atoms with Crippen molar-refractivity contribution < 1.29 is 9.84 Å². The Morgan fingerprint density at radius 3 is 2.47 bits per heavy atom. The van der Waals surface area contributed by atoms with Crippen molar-refractivity contribution in [3.63, 3.8) is 0 Å². The van der Waals surface area contributed by atoms with Crippen LogP contribution in [0, 0.1) is 20.8 Å². The summed E-state index contributed by atoms with van der Waals surface area (Å²) >= 11 is 12.9. The molecule has 1 aliphatic heterocycles. The summed E-state index contributed by atoms with van der Waals surface area (Å²) in [5.41, 5.74) is 4.14. The quantitative estimate of drug-likeness (QED) is 0.600. The molecular weight excluding hydrogens is 447 g/mol. The average Bonchev–Trinajstić information content (AvgIpc) is 3.41. The van der Waals surface area contributed by atoms with E-state index < -0.39 is 0 Å². The van der Waals surface area contributed by atoms with E-state index >= 15 is 0 Å². The molecule has 1 N–H and O–H groups in total. The molecule has 8 heteroatoms. The van der Waals surface area contributed by atoms with Crippen LogP contribution in [-0.2, 0) is 6.42 Å². The smallest absolute Gasteiger partial charge is 0.140 e. The number of aliphatic hydroxyl groups is 1. The summed E-state index contributed by atoms with van der Waals surface area (Å²) in [5.74, 6) is 2.50. The summed E-state index contributed by atoms with van der Waals surface area (Å²) < 4.78 is 8.68. The molecule has 1 unspecified atom stereocenters. The van der Waals surface area contributed by atoms with Gasteiger partial charge in [0, 0.05) is 34.4 Å². The minimum absolute atomic E-state index is 0.0968.